The lowest BCUT2D eigenvalue weighted by atomic mass is 9.87. The molecule has 34 heavy (non-hydrogen) atoms. The van der Waals surface area contributed by atoms with Crippen LogP contribution in [0.4, 0.5) is 18.9 Å². The minimum Gasteiger partial charge on any atom is -0.493 e. The molecule has 0 fully saturated rings. The summed E-state index contributed by atoms with van der Waals surface area (Å²) in [6.45, 7) is 0. The zero-order valence-corrected chi connectivity index (χ0v) is 19.0. The number of para-hydroxylation sites is 1. The van der Waals surface area contributed by atoms with Crippen LogP contribution in [0.25, 0.3) is 0 Å². The van der Waals surface area contributed by atoms with Crippen molar-refractivity contribution in [2.45, 2.75) is 18.5 Å². The summed E-state index contributed by atoms with van der Waals surface area (Å²) in [5.74, 6) is -1.06. The molecule has 1 aliphatic rings. The molecule has 0 saturated carbocycles. The fourth-order valence-corrected chi connectivity index (χ4v) is 4.33. The van der Waals surface area contributed by atoms with E-state index < -0.39 is 23.6 Å². The smallest absolute Gasteiger partial charge is 0.418 e. The minimum absolute atomic E-state index is 0.00753. The van der Waals surface area contributed by atoms with E-state index in [1.165, 1.54) is 26.4 Å². The number of hydrogen-bond donors (Lipinski definition) is 2. The maximum atomic E-state index is 13.2. The third kappa shape index (κ3) is 5.63. The molecule has 7 nitrogen and oxygen atoms in total. The van der Waals surface area contributed by atoms with Gasteiger partial charge < -0.3 is 20.1 Å². The van der Waals surface area contributed by atoms with Crippen molar-refractivity contribution in [3.8, 4) is 17.6 Å². The van der Waals surface area contributed by atoms with E-state index in [2.05, 4.69) is 16.7 Å². The maximum Gasteiger partial charge on any atom is 0.418 e. The van der Waals surface area contributed by atoms with Crippen LogP contribution >= 0.6 is 11.8 Å². The Hall–Kier alpha value is -3.65. The topological polar surface area (TPSA) is 100 Å². The second-order valence-corrected chi connectivity index (χ2v) is 8.14. The SMILES string of the molecule is COc1ccc([C@@H]2CC(=O)NC(SCC(=O)Nc3ccccc3C(F)(F)F)=C2C#N)cc1OC. The van der Waals surface area contributed by atoms with Gasteiger partial charge in [-0.3, -0.25) is 9.59 Å². The number of nitriles is 1. The Labute approximate surface area is 197 Å². The molecule has 11 heteroatoms. The number of carbonyl (C=O) groups is 2. The normalized spacial score (nSPS) is 15.9. The summed E-state index contributed by atoms with van der Waals surface area (Å²) >= 11 is 0.866. The van der Waals surface area contributed by atoms with Crippen LogP contribution in [0.15, 0.2) is 53.1 Å². The summed E-state index contributed by atoms with van der Waals surface area (Å²) in [6.07, 6.45) is -4.62. The Balaban J connectivity index is 1.81. The molecule has 0 aromatic heterocycles. The molecule has 0 aliphatic carbocycles. The summed E-state index contributed by atoms with van der Waals surface area (Å²) in [5, 5.41) is 14.8. The van der Waals surface area contributed by atoms with Crippen molar-refractivity contribution in [2.75, 3.05) is 25.3 Å². The zero-order valence-electron chi connectivity index (χ0n) is 18.2. The van der Waals surface area contributed by atoms with E-state index in [-0.39, 0.29) is 34.4 Å². The standard InChI is InChI=1S/C23H20F3N3O4S/c1-32-18-8-7-13(9-19(18)33-2)14-10-20(30)29-22(15(14)11-27)34-12-21(31)28-17-6-4-3-5-16(17)23(24,25)26/h3-9,14H,10,12H2,1-2H3,(H,28,31)(H,29,30)/t14-/m0/s1. The molecule has 2 N–H and O–H groups in total. The van der Waals surface area contributed by atoms with E-state index in [1.807, 2.05) is 0 Å². The first-order chi connectivity index (χ1) is 16.2. The van der Waals surface area contributed by atoms with Crippen molar-refractivity contribution in [1.82, 2.24) is 5.32 Å². The van der Waals surface area contributed by atoms with Crippen LogP contribution in [-0.4, -0.2) is 31.8 Å². The van der Waals surface area contributed by atoms with Crippen LogP contribution in [0, 0.1) is 11.3 Å². The highest BCUT2D eigenvalue weighted by atomic mass is 32.2. The fraction of sp³-hybridized carbons (Fsp3) is 0.261. The van der Waals surface area contributed by atoms with Crippen LogP contribution in [0.1, 0.15) is 23.5 Å². The maximum absolute atomic E-state index is 13.2. The molecule has 0 saturated heterocycles. The molecular formula is C23H20F3N3O4S. The van der Waals surface area contributed by atoms with Gasteiger partial charge in [-0.15, -0.1) is 0 Å². The molecule has 0 unspecified atom stereocenters. The highest BCUT2D eigenvalue weighted by Crippen LogP contribution is 2.39. The predicted octanol–water partition coefficient (Wildman–Crippen LogP) is 4.43. The lowest BCUT2D eigenvalue weighted by molar-refractivity contribution is -0.137. The van der Waals surface area contributed by atoms with Gasteiger partial charge in [-0.05, 0) is 29.8 Å². The Morgan fingerprint density at radius 3 is 2.56 bits per heavy atom. The van der Waals surface area contributed by atoms with Crippen molar-refractivity contribution in [1.29, 1.82) is 5.26 Å². The molecule has 3 rings (SSSR count). The van der Waals surface area contributed by atoms with Crippen LogP contribution in [0.3, 0.4) is 0 Å². The summed E-state index contributed by atoms with van der Waals surface area (Å²) in [5.41, 5.74) is -0.457. The van der Waals surface area contributed by atoms with Gasteiger partial charge in [-0.25, -0.2) is 0 Å². The number of benzene rings is 2. The van der Waals surface area contributed by atoms with Crippen LogP contribution in [0.5, 0.6) is 11.5 Å². The van der Waals surface area contributed by atoms with Crippen molar-refractivity contribution in [2.24, 2.45) is 0 Å². The summed E-state index contributed by atoms with van der Waals surface area (Å²) < 4.78 is 50.0. The second kappa shape index (κ2) is 10.5. The molecule has 1 heterocycles. The fourth-order valence-electron chi connectivity index (χ4n) is 3.45. The number of alkyl halides is 3. The van der Waals surface area contributed by atoms with E-state index in [9.17, 15) is 28.0 Å². The lowest BCUT2D eigenvalue weighted by Gasteiger charge is -2.25. The average molecular weight is 491 g/mol. The molecule has 0 radical (unpaired) electrons. The van der Waals surface area contributed by atoms with Crippen molar-refractivity contribution in [3.05, 3.63) is 64.2 Å². The third-order valence-corrected chi connectivity index (χ3v) is 6.04. The minimum atomic E-state index is -4.63. The molecular weight excluding hydrogens is 471 g/mol. The number of carbonyl (C=O) groups excluding carboxylic acids is 2. The first kappa shape index (κ1) is 25.0. The largest absolute Gasteiger partial charge is 0.493 e. The highest BCUT2D eigenvalue weighted by Gasteiger charge is 2.34. The monoisotopic (exact) mass is 491 g/mol. The number of nitrogens with zero attached hydrogens (tertiary/aromatic N) is 1. The number of hydrogen-bond acceptors (Lipinski definition) is 6. The number of allylic oxidation sites excluding steroid dienone is 1. The number of ether oxygens (including phenoxy) is 2. The van der Waals surface area contributed by atoms with Gasteiger partial charge in [0.25, 0.3) is 0 Å². The van der Waals surface area contributed by atoms with Crippen LogP contribution in [0.2, 0.25) is 0 Å². The van der Waals surface area contributed by atoms with Gasteiger partial charge in [0.2, 0.25) is 11.8 Å². The van der Waals surface area contributed by atoms with Crippen molar-refractivity contribution >= 4 is 29.3 Å². The Morgan fingerprint density at radius 1 is 1.21 bits per heavy atom. The zero-order chi connectivity index (χ0) is 24.9. The van der Waals surface area contributed by atoms with Gasteiger partial charge in [0.1, 0.15) is 0 Å². The number of amides is 2. The Morgan fingerprint density at radius 2 is 1.91 bits per heavy atom. The number of halogens is 3. The lowest BCUT2D eigenvalue weighted by Crippen LogP contribution is -2.31. The predicted molar refractivity (Wildman–Crippen MR) is 120 cm³/mol. The van der Waals surface area contributed by atoms with E-state index in [4.69, 9.17) is 9.47 Å². The van der Waals surface area contributed by atoms with E-state index in [0.29, 0.717) is 17.1 Å². The summed E-state index contributed by atoms with van der Waals surface area (Å²) in [4.78, 5) is 24.7. The van der Waals surface area contributed by atoms with Gasteiger partial charge in [0.15, 0.2) is 11.5 Å². The van der Waals surface area contributed by atoms with Gasteiger partial charge in [0.05, 0.1) is 47.9 Å². The van der Waals surface area contributed by atoms with E-state index in [0.717, 1.165) is 23.9 Å². The Kier molecular flexibility index (Phi) is 7.73. The van der Waals surface area contributed by atoms with Gasteiger partial charge in [-0.1, -0.05) is 30.0 Å². The molecule has 178 valence electrons. The van der Waals surface area contributed by atoms with Crippen LogP contribution < -0.4 is 20.1 Å². The number of methoxy groups -OCH3 is 2. The van der Waals surface area contributed by atoms with E-state index in [1.54, 1.807) is 18.2 Å². The molecule has 2 aromatic carbocycles. The second-order valence-electron chi connectivity index (χ2n) is 7.15. The molecule has 1 aliphatic heterocycles. The molecule has 1 atom stereocenters. The molecule has 2 amide bonds. The average Bonchev–Trinajstić information content (AvgIpc) is 2.81. The number of nitrogens with one attached hydrogen (secondary N) is 2. The molecule has 0 bridgehead atoms. The van der Waals surface area contributed by atoms with Crippen molar-refractivity contribution < 1.29 is 32.2 Å². The highest BCUT2D eigenvalue weighted by molar-refractivity contribution is 8.03. The third-order valence-electron chi connectivity index (χ3n) is 5.02. The number of anilines is 1. The van der Waals surface area contributed by atoms with E-state index >= 15 is 0 Å². The summed E-state index contributed by atoms with van der Waals surface area (Å²) in [7, 11) is 2.95. The Bertz CT molecular complexity index is 1170. The summed E-state index contributed by atoms with van der Waals surface area (Å²) in [6, 6.07) is 11.8. The molecule has 0 spiro atoms. The quantitative estimate of drug-likeness (QED) is 0.594. The van der Waals surface area contributed by atoms with Gasteiger partial charge in [-0.2, -0.15) is 18.4 Å². The number of thioether (sulfide) groups is 1. The number of rotatable bonds is 7. The first-order valence-electron chi connectivity index (χ1n) is 9.92. The van der Waals surface area contributed by atoms with Gasteiger partial charge >= 0.3 is 6.18 Å². The molecule has 2 aromatic rings. The first-order valence-corrected chi connectivity index (χ1v) is 10.9. The van der Waals surface area contributed by atoms with Gasteiger partial charge in [0, 0.05) is 12.3 Å². The van der Waals surface area contributed by atoms with Crippen molar-refractivity contribution in [3.63, 3.8) is 0 Å². The van der Waals surface area contributed by atoms with Crippen LogP contribution in [-0.2, 0) is 15.8 Å².